The molecule has 1 fully saturated rings. The van der Waals surface area contributed by atoms with E-state index in [1.165, 1.54) is 25.7 Å². The number of aromatic nitrogens is 2. The van der Waals surface area contributed by atoms with Gasteiger partial charge in [0.15, 0.2) is 0 Å². The van der Waals surface area contributed by atoms with Crippen LogP contribution in [0.2, 0.25) is 0 Å². The van der Waals surface area contributed by atoms with E-state index in [1.807, 2.05) is 24.0 Å². The summed E-state index contributed by atoms with van der Waals surface area (Å²) in [5.74, 6) is 1.57. The van der Waals surface area contributed by atoms with E-state index in [9.17, 15) is 0 Å². The highest BCUT2D eigenvalue weighted by atomic mass is 15.3. The van der Waals surface area contributed by atoms with Gasteiger partial charge in [0, 0.05) is 31.9 Å². The van der Waals surface area contributed by atoms with Crippen LogP contribution >= 0.6 is 0 Å². The van der Waals surface area contributed by atoms with Crippen molar-refractivity contribution in [3.05, 3.63) is 12.3 Å². The maximum Gasteiger partial charge on any atom is 0.147 e. The van der Waals surface area contributed by atoms with E-state index in [2.05, 4.69) is 10.4 Å². The largest absolute Gasteiger partial charge is 0.368 e. The highest BCUT2D eigenvalue weighted by Crippen LogP contribution is 2.23. The Kier molecular flexibility index (Phi) is 3.26. The van der Waals surface area contributed by atoms with E-state index >= 15 is 0 Å². The molecule has 0 aliphatic heterocycles. The summed E-state index contributed by atoms with van der Waals surface area (Å²) < 4.78 is 1.81. The molecule has 3 N–H and O–H groups in total. The number of nitrogens with zero attached hydrogens (tertiary/aromatic N) is 2. The van der Waals surface area contributed by atoms with Gasteiger partial charge in [-0.05, 0) is 18.8 Å². The van der Waals surface area contributed by atoms with Crippen molar-refractivity contribution in [2.45, 2.75) is 31.7 Å². The number of aryl methyl sites for hydroxylation is 1. The number of nitrogens with one attached hydrogen (secondary N) is 1. The van der Waals surface area contributed by atoms with Gasteiger partial charge in [0.2, 0.25) is 0 Å². The quantitative estimate of drug-likeness (QED) is 0.788. The van der Waals surface area contributed by atoms with Crippen LogP contribution in [0.1, 0.15) is 25.7 Å². The molecular weight excluding hydrogens is 188 g/mol. The van der Waals surface area contributed by atoms with Crippen molar-refractivity contribution in [3.63, 3.8) is 0 Å². The molecule has 0 bridgehead atoms. The fraction of sp³-hybridized carbons (Fsp3) is 0.727. The minimum atomic E-state index is 0.370. The molecule has 2 unspecified atom stereocenters. The second-order valence-electron chi connectivity index (χ2n) is 4.46. The lowest BCUT2D eigenvalue weighted by Crippen LogP contribution is -2.37. The second kappa shape index (κ2) is 4.66. The van der Waals surface area contributed by atoms with Gasteiger partial charge in [-0.2, -0.15) is 5.10 Å². The van der Waals surface area contributed by atoms with Crippen molar-refractivity contribution in [1.82, 2.24) is 9.78 Å². The van der Waals surface area contributed by atoms with Crippen molar-refractivity contribution < 1.29 is 0 Å². The topological polar surface area (TPSA) is 55.9 Å². The van der Waals surface area contributed by atoms with E-state index in [-0.39, 0.29) is 0 Å². The lowest BCUT2D eigenvalue weighted by Gasteiger charge is -2.28. The number of rotatable bonds is 3. The molecule has 2 rings (SSSR count). The van der Waals surface area contributed by atoms with E-state index in [0.29, 0.717) is 12.0 Å². The summed E-state index contributed by atoms with van der Waals surface area (Å²) in [6.07, 6.45) is 6.99. The Bertz CT molecular complexity index is 307. The zero-order valence-corrected chi connectivity index (χ0v) is 9.32. The number of hydrogen-bond donors (Lipinski definition) is 2. The summed E-state index contributed by atoms with van der Waals surface area (Å²) in [4.78, 5) is 0. The standard InChI is InChI=1S/C11H20N4/c1-15-7-6-11(14-15)13-8-9-4-2-3-5-10(9)12/h6-7,9-10H,2-5,8,12H2,1H3,(H,13,14). The Morgan fingerprint density at radius 1 is 1.53 bits per heavy atom. The normalized spacial score (nSPS) is 26.5. The molecule has 2 atom stereocenters. The lowest BCUT2D eigenvalue weighted by atomic mass is 9.85. The molecule has 1 aliphatic carbocycles. The highest BCUT2D eigenvalue weighted by Gasteiger charge is 2.21. The molecule has 1 aliphatic rings. The molecule has 1 aromatic rings. The fourth-order valence-corrected chi connectivity index (χ4v) is 2.23. The van der Waals surface area contributed by atoms with Crippen LogP contribution < -0.4 is 11.1 Å². The van der Waals surface area contributed by atoms with Gasteiger partial charge in [0.05, 0.1) is 0 Å². The minimum absolute atomic E-state index is 0.370. The van der Waals surface area contributed by atoms with E-state index in [4.69, 9.17) is 5.73 Å². The molecule has 0 saturated heterocycles. The SMILES string of the molecule is Cn1ccc(NCC2CCCCC2N)n1. The van der Waals surface area contributed by atoms with Gasteiger partial charge < -0.3 is 11.1 Å². The molecule has 1 aromatic heterocycles. The lowest BCUT2D eigenvalue weighted by molar-refractivity contribution is 0.321. The van der Waals surface area contributed by atoms with Crippen LogP contribution in [0.25, 0.3) is 0 Å². The van der Waals surface area contributed by atoms with Gasteiger partial charge in [-0.15, -0.1) is 0 Å². The van der Waals surface area contributed by atoms with E-state index in [1.54, 1.807) is 0 Å². The molecule has 15 heavy (non-hydrogen) atoms. The van der Waals surface area contributed by atoms with E-state index in [0.717, 1.165) is 12.4 Å². The van der Waals surface area contributed by atoms with Crippen LogP contribution in [0.4, 0.5) is 5.82 Å². The molecule has 4 nitrogen and oxygen atoms in total. The predicted molar refractivity (Wildman–Crippen MR) is 61.6 cm³/mol. The Morgan fingerprint density at radius 3 is 3.00 bits per heavy atom. The molecule has 4 heteroatoms. The van der Waals surface area contributed by atoms with Crippen LogP contribution in [0.3, 0.4) is 0 Å². The summed E-state index contributed by atoms with van der Waals surface area (Å²) in [7, 11) is 1.93. The predicted octanol–water partition coefficient (Wildman–Crippen LogP) is 1.35. The Labute approximate surface area is 90.8 Å². The first-order valence-electron chi connectivity index (χ1n) is 5.75. The zero-order chi connectivity index (χ0) is 10.7. The second-order valence-corrected chi connectivity index (χ2v) is 4.46. The van der Waals surface area contributed by atoms with Gasteiger partial charge in [-0.1, -0.05) is 12.8 Å². The van der Waals surface area contributed by atoms with Crippen molar-refractivity contribution >= 4 is 5.82 Å². The molecule has 0 radical (unpaired) electrons. The molecule has 1 heterocycles. The number of hydrogen-bond acceptors (Lipinski definition) is 3. The molecule has 84 valence electrons. The fourth-order valence-electron chi connectivity index (χ4n) is 2.23. The molecule has 0 spiro atoms. The summed E-state index contributed by atoms with van der Waals surface area (Å²) in [5, 5.41) is 7.64. The number of anilines is 1. The molecule has 0 amide bonds. The minimum Gasteiger partial charge on any atom is -0.368 e. The Balaban J connectivity index is 1.81. The zero-order valence-electron chi connectivity index (χ0n) is 9.32. The smallest absolute Gasteiger partial charge is 0.147 e. The van der Waals surface area contributed by atoms with Crippen molar-refractivity contribution in [3.8, 4) is 0 Å². The molecule has 0 aromatic carbocycles. The summed E-state index contributed by atoms with van der Waals surface area (Å²) in [6.45, 7) is 0.957. The van der Waals surface area contributed by atoms with Crippen LogP contribution in [-0.2, 0) is 7.05 Å². The van der Waals surface area contributed by atoms with Gasteiger partial charge >= 0.3 is 0 Å². The van der Waals surface area contributed by atoms with E-state index < -0.39 is 0 Å². The maximum atomic E-state index is 6.08. The van der Waals surface area contributed by atoms with Gasteiger partial charge in [-0.3, -0.25) is 4.68 Å². The first-order chi connectivity index (χ1) is 7.25. The Morgan fingerprint density at radius 2 is 2.33 bits per heavy atom. The highest BCUT2D eigenvalue weighted by molar-refractivity contribution is 5.32. The van der Waals surface area contributed by atoms with Gasteiger partial charge in [0.1, 0.15) is 5.82 Å². The molecule has 1 saturated carbocycles. The third-order valence-electron chi connectivity index (χ3n) is 3.23. The van der Waals surface area contributed by atoms with Crippen LogP contribution in [0.15, 0.2) is 12.3 Å². The molecular formula is C11H20N4. The van der Waals surface area contributed by atoms with Crippen LogP contribution in [-0.4, -0.2) is 22.4 Å². The third kappa shape index (κ3) is 2.72. The van der Waals surface area contributed by atoms with Crippen molar-refractivity contribution in [2.24, 2.45) is 18.7 Å². The first kappa shape index (κ1) is 10.5. The van der Waals surface area contributed by atoms with Crippen molar-refractivity contribution in [1.29, 1.82) is 0 Å². The van der Waals surface area contributed by atoms with Crippen LogP contribution in [0.5, 0.6) is 0 Å². The van der Waals surface area contributed by atoms with Gasteiger partial charge in [0.25, 0.3) is 0 Å². The van der Waals surface area contributed by atoms with Crippen LogP contribution in [0, 0.1) is 5.92 Å². The third-order valence-corrected chi connectivity index (χ3v) is 3.23. The first-order valence-corrected chi connectivity index (χ1v) is 5.75. The van der Waals surface area contributed by atoms with Crippen molar-refractivity contribution in [2.75, 3.05) is 11.9 Å². The average molecular weight is 208 g/mol. The summed E-state index contributed by atoms with van der Waals surface area (Å²) in [6, 6.07) is 2.36. The average Bonchev–Trinajstić information content (AvgIpc) is 2.63. The Hall–Kier alpha value is -1.03. The summed E-state index contributed by atoms with van der Waals surface area (Å²) >= 11 is 0. The maximum absolute atomic E-state index is 6.08. The monoisotopic (exact) mass is 208 g/mol. The summed E-state index contributed by atoms with van der Waals surface area (Å²) in [5.41, 5.74) is 6.08. The number of nitrogens with two attached hydrogens (primary N) is 1. The van der Waals surface area contributed by atoms with Gasteiger partial charge in [-0.25, -0.2) is 0 Å².